The van der Waals surface area contributed by atoms with Gasteiger partial charge in [0.1, 0.15) is 12.4 Å². The predicted octanol–water partition coefficient (Wildman–Crippen LogP) is 2.54. The van der Waals surface area contributed by atoms with E-state index < -0.39 is 0 Å². The van der Waals surface area contributed by atoms with Crippen LogP contribution in [0.1, 0.15) is 42.0 Å². The van der Waals surface area contributed by atoms with Crippen molar-refractivity contribution in [3.63, 3.8) is 0 Å². The number of amides is 2. The van der Waals surface area contributed by atoms with Crippen molar-refractivity contribution in [1.82, 2.24) is 24.8 Å². The van der Waals surface area contributed by atoms with Gasteiger partial charge >= 0.3 is 0 Å². The van der Waals surface area contributed by atoms with Crippen molar-refractivity contribution >= 4 is 22.8 Å². The topological polar surface area (TPSA) is 80.1 Å². The highest BCUT2D eigenvalue weighted by Gasteiger charge is 2.23. The van der Waals surface area contributed by atoms with Crippen LogP contribution in [-0.2, 0) is 11.3 Å². The van der Waals surface area contributed by atoms with Gasteiger partial charge in [-0.2, -0.15) is 0 Å². The number of rotatable bonds is 5. The highest BCUT2D eigenvalue weighted by Crippen LogP contribution is 2.22. The molecule has 1 unspecified atom stereocenters. The summed E-state index contributed by atoms with van der Waals surface area (Å²) < 4.78 is 1.92. The zero-order valence-corrected chi connectivity index (χ0v) is 15.8. The van der Waals surface area contributed by atoms with Crippen LogP contribution >= 0.6 is 0 Å². The van der Waals surface area contributed by atoms with E-state index in [9.17, 15) is 9.59 Å². The van der Waals surface area contributed by atoms with Crippen LogP contribution in [0.25, 0.3) is 11.0 Å². The minimum Gasteiger partial charge on any atom is -0.342 e. The Labute approximate surface area is 163 Å². The fraction of sp³-hybridized carbons (Fsp3) is 0.333. The largest absolute Gasteiger partial charge is 0.342 e. The minimum atomic E-state index is -0.355. The van der Waals surface area contributed by atoms with Gasteiger partial charge in [0, 0.05) is 25.5 Å². The SMILES string of the molecule is CC(NC(=O)c1cccnc1)c1nc2ccccc2n1CC(=O)N1CCCC1. The molecular formula is C21H23N5O2. The van der Waals surface area contributed by atoms with E-state index >= 15 is 0 Å². The molecule has 2 aromatic heterocycles. The van der Waals surface area contributed by atoms with Gasteiger partial charge in [-0.15, -0.1) is 0 Å². The Morgan fingerprint density at radius 1 is 1.14 bits per heavy atom. The van der Waals surface area contributed by atoms with Crippen molar-refractivity contribution in [3.8, 4) is 0 Å². The van der Waals surface area contributed by atoms with Crippen LogP contribution < -0.4 is 5.32 Å². The van der Waals surface area contributed by atoms with E-state index in [0.29, 0.717) is 11.4 Å². The average Bonchev–Trinajstić information content (AvgIpc) is 3.37. The van der Waals surface area contributed by atoms with Crippen molar-refractivity contribution < 1.29 is 9.59 Å². The highest BCUT2D eigenvalue weighted by atomic mass is 16.2. The number of nitrogens with zero attached hydrogens (tertiary/aromatic N) is 4. The first-order chi connectivity index (χ1) is 13.6. The molecule has 4 rings (SSSR count). The molecule has 1 aliphatic heterocycles. The van der Waals surface area contributed by atoms with E-state index in [4.69, 9.17) is 4.98 Å². The number of carbonyl (C=O) groups excluding carboxylic acids is 2. The number of hydrogen-bond donors (Lipinski definition) is 1. The molecule has 0 aliphatic carbocycles. The molecule has 1 aliphatic rings. The zero-order chi connectivity index (χ0) is 19.5. The molecule has 1 N–H and O–H groups in total. The van der Waals surface area contributed by atoms with E-state index in [2.05, 4.69) is 10.3 Å². The van der Waals surface area contributed by atoms with Crippen LogP contribution in [0.5, 0.6) is 0 Å². The smallest absolute Gasteiger partial charge is 0.253 e. The summed E-state index contributed by atoms with van der Waals surface area (Å²) in [4.78, 5) is 35.9. The number of para-hydroxylation sites is 2. The van der Waals surface area contributed by atoms with E-state index in [1.165, 1.54) is 6.20 Å². The molecule has 144 valence electrons. The van der Waals surface area contributed by atoms with Crippen LogP contribution in [0.3, 0.4) is 0 Å². The second-order valence-corrected chi connectivity index (χ2v) is 7.07. The van der Waals surface area contributed by atoms with Gasteiger partial charge < -0.3 is 14.8 Å². The first kappa shape index (κ1) is 18.2. The number of imidazole rings is 1. The van der Waals surface area contributed by atoms with Gasteiger partial charge in [-0.3, -0.25) is 14.6 Å². The number of carbonyl (C=O) groups is 2. The maximum atomic E-state index is 12.8. The molecule has 0 saturated carbocycles. The van der Waals surface area contributed by atoms with Crippen molar-refractivity contribution in [2.75, 3.05) is 13.1 Å². The second kappa shape index (κ2) is 7.80. The van der Waals surface area contributed by atoms with Crippen molar-refractivity contribution in [2.45, 2.75) is 32.4 Å². The second-order valence-electron chi connectivity index (χ2n) is 7.07. The third-order valence-corrected chi connectivity index (χ3v) is 5.09. The number of pyridine rings is 1. The molecule has 28 heavy (non-hydrogen) atoms. The van der Waals surface area contributed by atoms with Crippen molar-refractivity contribution in [2.24, 2.45) is 0 Å². The fourth-order valence-corrected chi connectivity index (χ4v) is 3.63. The molecule has 7 nitrogen and oxygen atoms in total. The molecule has 1 saturated heterocycles. The summed E-state index contributed by atoms with van der Waals surface area (Å²) >= 11 is 0. The lowest BCUT2D eigenvalue weighted by Gasteiger charge is -2.19. The molecule has 1 aromatic carbocycles. The first-order valence-electron chi connectivity index (χ1n) is 9.57. The van der Waals surface area contributed by atoms with Gasteiger partial charge in [0.25, 0.3) is 5.91 Å². The minimum absolute atomic E-state index is 0.0905. The Hall–Kier alpha value is -3.22. The summed E-state index contributed by atoms with van der Waals surface area (Å²) in [5.74, 6) is 0.545. The maximum Gasteiger partial charge on any atom is 0.253 e. The Balaban J connectivity index is 1.62. The average molecular weight is 377 g/mol. The summed E-state index contributed by atoms with van der Waals surface area (Å²) in [6.45, 7) is 3.73. The zero-order valence-electron chi connectivity index (χ0n) is 15.8. The number of likely N-dealkylation sites (tertiary alicyclic amines) is 1. The summed E-state index contributed by atoms with van der Waals surface area (Å²) in [5, 5.41) is 2.97. The lowest BCUT2D eigenvalue weighted by molar-refractivity contribution is -0.130. The standard InChI is InChI=1S/C21H23N5O2/c1-15(23-21(28)16-7-6-10-22-13-16)20-24-17-8-2-3-9-18(17)26(20)14-19(27)25-11-4-5-12-25/h2-3,6-10,13,15H,4-5,11-12,14H2,1H3,(H,23,28). The van der Waals surface area contributed by atoms with E-state index in [-0.39, 0.29) is 24.4 Å². The van der Waals surface area contributed by atoms with Crippen LogP contribution in [0, 0.1) is 0 Å². The van der Waals surface area contributed by atoms with Gasteiger partial charge in [0.15, 0.2) is 0 Å². The maximum absolute atomic E-state index is 12.8. The number of fused-ring (bicyclic) bond motifs is 1. The number of benzene rings is 1. The fourth-order valence-electron chi connectivity index (χ4n) is 3.63. The monoisotopic (exact) mass is 377 g/mol. The van der Waals surface area contributed by atoms with Crippen LogP contribution in [0.2, 0.25) is 0 Å². The van der Waals surface area contributed by atoms with E-state index in [1.807, 2.05) is 40.7 Å². The van der Waals surface area contributed by atoms with Gasteiger partial charge in [-0.05, 0) is 44.0 Å². The first-order valence-corrected chi connectivity index (χ1v) is 9.57. The lowest BCUT2D eigenvalue weighted by Crippen LogP contribution is -2.33. The molecule has 3 aromatic rings. The molecule has 7 heteroatoms. The molecule has 3 heterocycles. The third kappa shape index (κ3) is 3.60. The summed E-state index contributed by atoms with van der Waals surface area (Å²) in [6, 6.07) is 10.8. The van der Waals surface area contributed by atoms with Crippen LogP contribution in [0.4, 0.5) is 0 Å². The Bertz CT molecular complexity index is 992. The Morgan fingerprint density at radius 3 is 2.68 bits per heavy atom. The van der Waals surface area contributed by atoms with Gasteiger partial charge in [-0.25, -0.2) is 4.98 Å². The summed E-state index contributed by atoms with van der Waals surface area (Å²) in [7, 11) is 0. The number of nitrogens with one attached hydrogen (secondary N) is 1. The van der Waals surface area contributed by atoms with Crippen LogP contribution in [-0.4, -0.2) is 44.3 Å². The van der Waals surface area contributed by atoms with Gasteiger partial charge in [-0.1, -0.05) is 12.1 Å². The van der Waals surface area contributed by atoms with Crippen molar-refractivity contribution in [3.05, 3.63) is 60.2 Å². The van der Waals surface area contributed by atoms with E-state index in [0.717, 1.165) is 37.0 Å². The predicted molar refractivity (Wildman–Crippen MR) is 106 cm³/mol. The molecule has 1 atom stereocenters. The summed E-state index contributed by atoms with van der Waals surface area (Å²) in [6.07, 6.45) is 5.27. The highest BCUT2D eigenvalue weighted by molar-refractivity contribution is 5.94. The molecule has 0 bridgehead atoms. The molecule has 0 spiro atoms. The lowest BCUT2D eigenvalue weighted by atomic mass is 10.2. The van der Waals surface area contributed by atoms with E-state index in [1.54, 1.807) is 18.3 Å². The molecular weight excluding hydrogens is 354 g/mol. The normalized spacial score (nSPS) is 15.0. The third-order valence-electron chi connectivity index (χ3n) is 5.09. The quantitative estimate of drug-likeness (QED) is 0.741. The van der Waals surface area contributed by atoms with Crippen LogP contribution in [0.15, 0.2) is 48.8 Å². The van der Waals surface area contributed by atoms with Crippen molar-refractivity contribution in [1.29, 1.82) is 0 Å². The summed E-state index contributed by atoms with van der Waals surface area (Å²) in [5.41, 5.74) is 2.20. The Morgan fingerprint density at radius 2 is 1.93 bits per heavy atom. The molecule has 0 radical (unpaired) electrons. The number of aromatic nitrogens is 3. The van der Waals surface area contributed by atoms with Gasteiger partial charge in [0.2, 0.25) is 5.91 Å². The van der Waals surface area contributed by atoms with Gasteiger partial charge in [0.05, 0.1) is 22.6 Å². The molecule has 2 amide bonds. The Kier molecular flexibility index (Phi) is 5.06. The molecule has 1 fully saturated rings. The number of hydrogen-bond acceptors (Lipinski definition) is 4.